The molecule has 3 nitrogen and oxygen atoms in total. The predicted molar refractivity (Wildman–Crippen MR) is 88.4 cm³/mol. The standard InChI is InChI=1S/C19H25NO2/c1-22-17-9-5-12-19(17)13-6-14-20(15-19)18(21)11-10-16-7-3-2-4-8-16/h2-4,7-8,10-11,17H,5-6,9,12-15H2,1H3/b11-10+/t17-,19+/m1/s1. The molecule has 22 heavy (non-hydrogen) atoms. The van der Waals surface area contributed by atoms with E-state index in [4.69, 9.17) is 4.74 Å². The number of carbonyl (C=O) groups is 1. The van der Waals surface area contributed by atoms with Gasteiger partial charge in [-0.1, -0.05) is 36.8 Å². The lowest BCUT2D eigenvalue weighted by molar-refractivity contribution is -0.132. The van der Waals surface area contributed by atoms with Crippen LogP contribution in [-0.4, -0.2) is 37.1 Å². The molecule has 0 unspecified atom stereocenters. The van der Waals surface area contributed by atoms with E-state index in [1.165, 1.54) is 19.3 Å². The molecule has 1 saturated heterocycles. The molecule has 1 aliphatic carbocycles. The highest BCUT2D eigenvalue weighted by atomic mass is 16.5. The van der Waals surface area contributed by atoms with Crippen LogP contribution in [0.3, 0.4) is 0 Å². The Balaban J connectivity index is 1.67. The van der Waals surface area contributed by atoms with E-state index < -0.39 is 0 Å². The molecule has 0 bridgehead atoms. The minimum atomic E-state index is 0.129. The maximum atomic E-state index is 12.5. The van der Waals surface area contributed by atoms with E-state index in [2.05, 4.69) is 0 Å². The fourth-order valence-corrected chi connectivity index (χ4v) is 4.13. The van der Waals surface area contributed by atoms with Crippen molar-refractivity contribution >= 4 is 12.0 Å². The van der Waals surface area contributed by atoms with E-state index in [-0.39, 0.29) is 11.3 Å². The van der Waals surface area contributed by atoms with Crippen LogP contribution in [0, 0.1) is 5.41 Å². The summed E-state index contributed by atoms with van der Waals surface area (Å²) >= 11 is 0. The van der Waals surface area contributed by atoms with Crippen LogP contribution in [0.25, 0.3) is 6.08 Å². The lowest BCUT2D eigenvalue weighted by atomic mass is 9.76. The Kier molecular flexibility index (Phi) is 4.63. The Labute approximate surface area is 133 Å². The molecule has 1 aromatic rings. The maximum absolute atomic E-state index is 12.5. The molecule has 118 valence electrons. The number of rotatable bonds is 3. The van der Waals surface area contributed by atoms with Crippen LogP contribution in [-0.2, 0) is 9.53 Å². The summed E-state index contributed by atoms with van der Waals surface area (Å²) in [7, 11) is 1.81. The van der Waals surface area contributed by atoms with Gasteiger partial charge in [-0.2, -0.15) is 0 Å². The van der Waals surface area contributed by atoms with Crippen molar-refractivity contribution in [3.63, 3.8) is 0 Å². The largest absolute Gasteiger partial charge is 0.381 e. The molecule has 3 rings (SSSR count). The van der Waals surface area contributed by atoms with E-state index in [0.29, 0.717) is 6.10 Å². The summed E-state index contributed by atoms with van der Waals surface area (Å²) in [5.41, 5.74) is 1.27. The van der Waals surface area contributed by atoms with Gasteiger partial charge in [0.1, 0.15) is 0 Å². The summed E-state index contributed by atoms with van der Waals surface area (Å²) < 4.78 is 5.71. The molecular weight excluding hydrogens is 274 g/mol. The molecule has 1 heterocycles. The minimum absolute atomic E-state index is 0.129. The molecule has 2 atom stereocenters. The lowest BCUT2D eigenvalue weighted by Gasteiger charge is -2.43. The topological polar surface area (TPSA) is 29.5 Å². The molecule has 1 aromatic carbocycles. The van der Waals surface area contributed by atoms with Gasteiger partial charge in [-0.15, -0.1) is 0 Å². The van der Waals surface area contributed by atoms with E-state index in [1.807, 2.05) is 48.4 Å². The van der Waals surface area contributed by atoms with E-state index >= 15 is 0 Å². The second-order valence-corrected chi connectivity index (χ2v) is 6.59. The van der Waals surface area contributed by atoms with Crippen molar-refractivity contribution in [2.75, 3.05) is 20.2 Å². The number of carbonyl (C=O) groups excluding carboxylic acids is 1. The first-order chi connectivity index (χ1) is 10.7. The number of likely N-dealkylation sites (tertiary alicyclic amines) is 1. The second kappa shape index (κ2) is 6.66. The molecule has 1 saturated carbocycles. The molecule has 3 heteroatoms. The molecule has 1 spiro atoms. The highest BCUT2D eigenvalue weighted by Crippen LogP contribution is 2.46. The normalized spacial score (nSPS) is 28.6. The highest BCUT2D eigenvalue weighted by molar-refractivity contribution is 5.91. The van der Waals surface area contributed by atoms with Gasteiger partial charge >= 0.3 is 0 Å². The van der Waals surface area contributed by atoms with Crippen molar-refractivity contribution in [1.82, 2.24) is 4.90 Å². The Hall–Kier alpha value is -1.61. The van der Waals surface area contributed by atoms with Crippen LogP contribution in [0.15, 0.2) is 36.4 Å². The number of piperidine rings is 1. The molecule has 2 aliphatic rings. The number of hydrogen-bond donors (Lipinski definition) is 0. The van der Waals surface area contributed by atoms with Gasteiger partial charge in [0.25, 0.3) is 0 Å². The van der Waals surface area contributed by atoms with Gasteiger partial charge in [0.05, 0.1) is 6.10 Å². The van der Waals surface area contributed by atoms with Crippen LogP contribution < -0.4 is 0 Å². The highest BCUT2D eigenvalue weighted by Gasteiger charge is 2.46. The van der Waals surface area contributed by atoms with Crippen LogP contribution in [0.5, 0.6) is 0 Å². The molecule has 2 fully saturated rings. The minimum Gasteiger partial charge on any atom is -0.381 e. The number of nitrogens with zero attached hydrogens (tertiary/aromatic N) is 1. The van der Waals surface area contributed by atoms with Crippen LogP contribution in [0.1, 0.15) is 37.7 Å². The zero-order chi connectivity index (χ0) is 15.4. The molecule has 0 N–H and O–H groups in total. The second-order valence-electron chi connectivity index (χ2n) is 6.59. The van der Waals surface area contributed by atoms with Gasteiger partial charge in [0.2, 0.25) is 5.91 Å². The third-order valence-corrected chi connectivity index (χ3v) is 5.25. The summed E-state index contributed by atoms with van der Waals surface area (Å²) in [4.78, 5) is 14.5. The summed E-state index contributed by atoms with van der Waals surface area (Å²) in [6.07, 6.45) is 9.78. The SMILES string of the molecule is CO[C@@H]1CCC[C@@]12CCCN(C(=O)/C=C/c1ccccc1)C2. The predicted octanol–water partition coefficient (Wildman–Crippen LogP) is 3.51. The first-order valence-electron chi connectivity index (χ1n) is 8.28. The Morgan fingerprint density at radius 3 is 2.82 bits per heavy atom. The summed E-state index contributed by atoms with van der Waals surface area (Å²) in [6, 6.07) is 9.99. The number of benzene rings is 1. The van der Waals surface area contributed by atoms with Crippen LogP contribution in [0.2, 0.25) is 0 Å². The molecule has 1 amide bonds. The Morgan fingerprint density at radius 2 is 2.05 bits per heavy atom. The number of ether oxygens (including phenoxy) is 1. The van der Waals surface area contributed by atoms with Gasteiger partial charge in [-0.25, -0.2) is 0 Å². The smallest absolute Gasteiger partial charge is 0.246 e. The van der Waals surface area contributed by atoms with Gasteiger partial charge in [0.15, 0.2) is 0 Å². The fraction of sp³-hybridized carbons (Fsp3) is 0.526. The van der Waals surface area contributed by atoms with Gasteiger partial charge < -0.3 is 9.64 Å². The van der Waals surface area contributed by atoms with Crippen molar-refractivity contribution < 1.29 is 9.53 Å². The van der Waals surface area contributed by atoms with Crippen molar-refractivity contribution in [1.29, 1.82) is 0 Å². The average molecular weight is 299 g/mol. The van der Waals surface area contributed by atoms with Gasteiger partial charge in [-0.3, -0.25) is 4.79 Å². The van der Waals surface area contributed by atoms with E-state index in [9.17, 15) is 4.79 Å². The van der Waals surface area contributed by atoms with Crippen molar-refractivity contribution in [3.05, 3.63) is 42.0 Å². The van der Waals surface area contributed by atoms with E-state index in [0.717, 1.165) is 31.5 Å². The summed E-state index contributed by atoms with van der Waals surface area (Å²) in [6.45, 7) is 1.72. The molecule has 1 aliphatic heterocycles. The Bertz CT molecular complexity index is 540. The quantitative estimate of drug-likeness (QED) is 0.799. The molecular formula is C19H25NO2. The monoisotopic (exact) mass is 299 g/mol. The van der Waals surface area contributed by atoms with Crippen molar-refractivity contribution in [2.24, 2.45) is 5.41 Å². The third-order valence-electron chi connectivity index (χ3n) is 5.25. The zero-order valence-corrected chi connectivity index (χ0v) is 13.3. The average Bonchev–Trinajstić information content (AvgIpc) is 2.95. The number of hydrogen-bond acceptors (Lipinski definition) is 2. The summed E-state index contributed by atoms with van der Waals surface area (Å²) in [5.74, 6) is 0.129. The molecule has 0 radical (unpaired) electrons. The fourth-order valence-electron chi connectivity index (χ4n) is 4.13. The van der Waals surface area contributed by atoms with Crippen molar-refractivity contribution in [2.45, 2.75) is 38.2 Å². The Morgan fingerprint density at radius 1 is 1.27 bits per heavy atom. The van der Waals surface area contributed by atoms with E-state index in [1.54, 1.807) is 6.08 Å². The molecule has 0 aromatic heterocycles. The lowest BCUT2D eigenvalue weighted by Crippen LogP contribution is -2.49. The third kappa shape index (κ3) is 3.09. The first kappa shape index (κ1) is 15.3. The summed E-state index contributed by atoms with van der Waals surface area (Å²) in [5, 5.41) is 0. The maximum Gasteiger partial charge on any atom is 0.246 e. The van der Waals surface area contributed by atoms with Gasteiger partial charge in [0, 0.05) is 31.7 Å². The number of amides is 1. The van der Waals surface area contributed by atoms with Crippen LogP contribution >= 0.6 is 0 Å². The zero-order valence-electron chi connectivity index (χ0n) is 13.3. The number of methoxy groups -OCH3 is 1. The first-order valence-corrected chi connectivity index (χ1v) is 8.28. The van der Waals surface area contributed by atoms with Crippen LogP contribution in [0.4, 0.5) is 0 Å². The van der Waals surface area contributed by atoms with Crippen molar-refractivity contribution in [3.8, 4) is 0 Å². The van der Waals surface area contributed by atoms with Gasteiger partial charge in [-0.05, 0) is 37.3 Å².